The molecule has 0 saturated carbocycles. The van der Waals surface area contributed by atoms with Crippen molar-refractivity contribution in [3.05, 3.63) is 82.6 Å². The van der Waals surface area contributed by atoms with Gasteiger partial charge in [-0.3, -0.25) is 14.6 Å². The molecule has 0 aliphatic carbocycles. The lowest BCUT2D eigenvalue weighted by Crippen LogP contribution is -2.57. The smallest absolute Gasteiger partial charge is 0.373 e. The van der Waals surface area contributed by atoms with Crippen LogP contribution in [0, 0.1) is 0 Å². The number of hydrogen-bond donors (Lipinski definition) is 1. The number of hydrogen-bond acceptors (Lipinski definition) is 4. The number of alkyl halides is 3. The second kappa shape index (κ2) is 16.5. The van der Waals surface area contributed by atoms with Crippen LogP contribution in [0.1, 0.15) is 35.3 Å². The molecular formula is C31H39Cl4F3N4O2. The number of carbonyl (C=O) groups is 1. The molecule has 1 N–H and O–H groups in total. The fourth-order valence-electron chi connectivity index (χ4n) is 5.96. The van der Waals surface area contributed by atoms with E-state index in [1.165, 1.54) is 0 Å². The van der Waals surface area contributed by atoms with E-state index >= 15 is 0 Å². The third-order valence-corrected chi connectivity index (χ3v) is 8.13. The van der Waals surface area contributed by atoms with Crippen LogP contribution in [0.2, 0.25) is 5.02 Å². The van der Waals surface area contributed by atoms with Crippen LogP contribution in [0.5, 0.6) is 0 Å². The van der Waals surface area contributed by atoms with Crippen LogP contribution in [-0.4, -0.2) is 89.7 Å². The van der Waals surface area contributed by atoms with E-state index in [9.17, 15) is 18.0 Å². The van der Waals surface area contributed by atoms with Gasteiger partial charge >= 0.3 is 6.18 Å². The Hall–Kier alpha value is -1.98. The summed E-state index contributed by atoms with van der Waals surface area (Å²) in [6.07, 6.45) is -0.339. The number of carbonyl (C=O) groups excluding carboxylic acids is 1. The first kappa shape index (κ1) is 38.2. The second-order valence-corrected chi connectivity index (χ2v) is 11.6. The van der Waals surface area contributed by atoms with Crippen molar-refractivity contribution in [2.75, 3.05) is 45.8 Å². The van der Waals surface area contributed by atoms with Crippen LogP contribution in [0.25, 0.3) is 11.1 Å². The first-order valence-electron chi connectivity index (χ1n) is 14.1. The van der Waals surface area contributed by atoms with E-state index in [4.69, 9.17) is 16.3 Å². The molecule has 3 aromatic rings. The van der Waals surface area contributed by atoms with Crippen molar-refractivity contribution in [2.24, 2.45) is 0 Å². The first-order chi connectivity index (χ1) is 19.5. The van der Waals surface area contributed by atoms with E-state index in [1.54, 1.807) is 29.4 Å². The van der Waals surface area contributed by atoms with Gasteiger partial charge in [0.15, 0.2) is 0 Å². The first-order valence-corrected chi connectivity index (χ1v) is 14.4. The number of rotatable bonds is 7. The van der Waals surface area contributed by atoms with Crippen molar-refractivity contribution in [3.8, 4) is 11.1 Å². The molecule has 2 aliphatic rings. The molecule has 2 aromatic carbocycles. The summed E-state index contributed by atoms with van der Waals surface area (Å²) >= 11 is 6.10. The molecule has 0 bridgehead atoms. The average Bonchev–Trinajstić information content (AvgIpc) is 3.47. The van der Waals surface area contributed by atoms with Gasteiger partial charge in [-0.25, -0.2) is 0 Å². The predicted octanol–water partition coefficient (Wildman–Crippen LogP) is 7.10. The highest BCUT2D eigenvalue weighted by Crippen LogP contribution is 2.34. The van der Waals surface area contributed by atoms with Crippen LogP contribution in [0.4, 0.5) is 13.2 Å². The van der Waals surface area contributed by atoms with E-state index in [0.717, 1.165) is 43.9 Å². The fourth-order valence-corrected chi connectivity index (χ4v) is 6.08. The highest BCUT2D eigenvalue weighted by atomic mass is 35.5. The maximum atomic E-state index is 13.9. The summed E-state index contributed by atoms with van der Waals surface area (Å²) in [5, 5.41) is 0.627. The number of aromatic amines is 1. The summed E-state index contributed by atoms with van der Waals surface area (Å²) in [5.41, 5.74) is 1.18. The Morgan fingerprint density at radius 3 is 2.18 bits per heavy atom. The van der Waals surface area contributed by atoms with Crippen LogP contribution in [0.15, 0.2) is 60.9 Å². The lowest BCUT2D eigenvalue weighted by Gasteiger charge is -2.43. The molecule has 5 rings (SSSR count). The minimum Gasteiger partial charge on any atom is -0.373 e. The molecule has 0 radical (unpaired) electrons. The lowest BCUT2D eigenvalue weighted by atomic mass is 9.98. The highest BCUT2D eigenvalue weighted by molar-refractivity contribution is 6.30. The van der Waals surface area contributed by atoms with Crippen molar-refractivity contribution in [1.82, 2.24) is 19.7 Å². The van der Waals surface area contributed by atoms with Crippen molar-refractivity contribution >= 4 is 54.7 Å². The van der Waals surface area contributed by atoms with E-state index in [-0.39, 0.29) is 66.9 Å². The molecule has 244 valence electrons. The lowest BCUT2D eigenvalue weighted by molar-refractivity contribution is -0.137. The van der Waals surface area contributed by atoms with Crippen LogP contribution >= 0.6 is 48.8 Å². The number of aromatic nitrogens is 1. The van der Waals surface area contributed by atoms with Crippen molar-refractivity contribution in [3.63, 3.8) is 0 Å². The number of piperazine rings is 1. The zero-order valence-electron chi connectivity index (χ0n) is 24.6. The second-order valence-electron chi connectivity index (χ2n) is 11.2. The number of morpholine rings is 1. The summed E-state index contributed by atoms with van der Waals surface area (Å²) in [5.74, 6) is -0.387. The van der Waals surface area contributed by atoms with Gasteiger partial charge in [0.25, 0.3) is 5.91 Å². The summed E-state index contributed by atoms with van der Waals surface area (Å²) in [7, 11) is 0. The number of nitrogens with zero attached hydrogens (tertiary/aromatic N) is 3. The topological polar surface area (TPSA) is 51.8 Å². The quantitative estimate of drug-likeness (QED) is 0.286. The Morgan fingerprint density at radius 1 is 0.909 bits per heavy atom. The van der Waals surface area contributed by atoms with Gasteiger partial charge in [-0.1, -0.05) is 23.7 Å². The molecule has 2 fully saturated rings. The standard InChI is InChI=1S/C31H36ClF3N4O2.3ClH/c1-21-18-38(19-22(2)41-21)10-9-37-11-12-39(29(20-37)13-23-3-5-28(32)6-4-23)30(40)26-14-25(24-7-8-36-17-24)15-27(16-26)31(33,34)35;;;/h3-8,14-17,21-22,29,36H,9-13,18-20H2,1-2H3;3*1H/t21-,22+,29-;;;/m1.../s1. The number of benzene rings is 2. The Balaban J connectivity index is 0.00000225. The Bertz CT molecular complexity index is 1320. The zero-order valence-corrected chi connectivity index (χ0v) is 27.8. The van der Waals surface area contributed by atoms with Crippen molar-refractivity contribution < 1.29 is 22.7 Å². The van der Waals surface area contributed by atoms with Crippen molar-refractivity contribution in [2.45, 2.75) is 44.7 Å². The van der Waals surface area contributed by atoms with Crippen LogP contribution < -0.4 is 0 Å². The number of ether oxygens (including phenoxy) is 1. The van der Waals surface area contributed by atoms with Gasteiger partial charge in [0, 0.05) is 74.8 Å². The summed E-state index contributed by atoms with van der Waals surface area (Å²) in [4.78, 5) is 23.3. The van der Waals surface area contributed by atoms with Gasteiger partial charge in [0.05, 0.1) is 17.8 Å². The summed E-state index contributed by atoms with van der Waals surface area (Å²) < 4.78 is 47.5. The van der Waals surface area contributed by atoms with E-state index < -0.39 is 11.7 Å². The number of nitrogens with one attached hydrogen (secondary N) is 1. The molecule has 3 atom stereocenters. The van der Waals surface area contributed by atoms with Gasteiger partial charge < -0.3 is 14.6 Å². The van der Waals surface area contributed by atoms with Crippen LogP contribution in [0.3, 0.4) is 0 Å². The maximum absolute atomic E-state index is 13.9. The van der Waals surface area contributed by atoms with Crippen LogP contribution in [-0.2, 0) is 17.3 Å². The molecule has 2 aliphatic heterocycles. The maximum Gasteiger partial charge on any atom is 0.416 e. The molecule has 6 nitrogen and oxygen atoms in total. The van der Waals surface area contributed by atoms with Gasteiger partial charge in [0.1, 0.15) is 0 Å². The molecule has 0 unspecified atom stereocenters. The molecule has 0 spiro atoms. The average molecular weight is 698 g/mol. The van der Waals surface area contributed by atoms with Gasteiger partial charge in [-0.2, -0.15) is 13.2 Å². The Morgan fingerprint density at radius 2 is 1.57 bits per heavy atom. The van der Waals surface area contributed by atoms with Gasteiger partial charge in [-0.05, 0) is 73.4 Å². The number of amides is 1. The minimum absolute atomic E-state index is 0. The summed E-state index contributed by atoms with van der Waals surface area (Å²) in [6, 6.07) is 12.6. The number of H-pyrrole nitrogens is 1. The molecule has 2 saturated heterocycles. The van der Waals surface area contributed by atoms with E-state index in [2.05, 4.69) is 28.6 Å². The fraction of sp³-hybridized carbons (Fsp3) is 0.452. The molecular weight excluding hydrogens is 659 g/mol. The Labute approximate surface area is 280 Å². The Kier molecular flexibility index (Phi) is 14.4. The van der Waals surface area contributed by atoms with Gasteiger partial charge in [-0.15, -0.1) is 37.2 Å². The largest absolute Gasteiger partial charge is 0.416 e. The van der Waals surface area contributed by atoms with Crippen molar-refractivity contribution in [1.29, 1.82) is 0 Å². The molecule has 13 heteroatoms. The van der Waals surface area contributed by atoms with E-state index in [0.29, 0.717) is 42.2 Å². The zero-order chi connectivity index (χ0) is 29.1. The highest BCUT2D eigenvalue weighted by Gasteiger charge is 2.35. The molecule has 1 amide bonds. The van der Waals surface area contributed by atoms with E-state index in [1.807, 2.05) is 24.3 Å². The minimum atomic E-state index is -4.57. The van der Waals surface area contributed by atoms with Gasteiger partial charge in [0.2, 0.25) is 0 Å². The summed E-state index contributed by atoms with van der Waals surface area (Å²) in [6.45, 7) is 9.41. The predicted molar refractivity (Wildman–Crippen MR) is 176 cm³/mol. The molecule has 1 aromatic heterocycles. The normalized spacial score (nSPS) is 21.1. The molecule has 3 heterocycles. The monoisotopic (exact) mass is 696 g/mol. The third-order valence-electron chi connectivity index (χ3n) is 7.88. The number of halogens is 7. The SMILES string of the molecule is C[C@@H]1CN(CCN2CCN(C(=O)c3cc(-c4cc[nH]c4)cc(C(F)(F)F)c3)[C@H](Cc3ccc(Cl)cc3)C2)C[C@H](C)O1.Cl.Cl.Cl. The third kappa shape index (κ3) is 9.76. The molecule has 44 heavy (non-hydrogen) atoms.